The first-order valence-corrected chi connectivity index (χ1v) is 12.6. The van der Waals surface area contributed by atoms with Crippen molar-refractivity contribution in [3.05, 3.63) is 47.3 Å². The summed E-state index contributed by atoms with van der Waals surface area (Å²) >= 11 is 0. The Hall–Kier alpha value is -1.59. The molecule has 2 aliphatic rings. The fourth-order valence-electron chi connectivity index (χ4n) is 5.00. The van der Waals surface area contributed by atoms with Gasteiger partial charge in [-0.25, -0.2) is 4.39 Å². The fourth-order valence-corrected chi connectivity index (χ4v) is 5.00. The van der Waals surface area contributed by atoms with E-state index < -0.39 is 31.2 Å². The second-order valence-electron chi connectivity index (χ2n) is 9.80. The molecule has 8 nitrogen and oxygen atoms in total. The van der Waals surface area contributed by atoms with Crippen LogP contribution in [0.2, 0.25) is 0 Å². The van der Waals surface area contributed by atoms with Gasteiger partial charge in [-0.05, 0) is 50.3 Å². The van der Waals surface area contributed by atoms with Gasteiger partial charge in [0.2, 0.25) is 0 Å². The average Bonchev–Trinajstić information content (AvgIpc) is 2.87. The molecule has 1 aromatic carbocycles. The molecule has 2 heterocycles. The largest absolute Gasteiger partial charge is 0.386 e. The molecule has 0 aromatic heterocycles. The van der Waals surface area contributed by atoms with Gasteiger partial charge in [0.1, 0.15) is 24.6 Å². The van der Waals surface area contributed by atoms with Crippen molar-refractivity contribution in [2.75, 3.05) is 40.6 Å². The molecule has 0 spiro atoms. The lowest BCUT2D eigenvalue weighted by Gasteiger charge is -2.40. The number of quaternary nitrogens is 1. The number of hydrogen-bond acceptors (Lipinski definition) is 7. The van der Waals surface area contributed by atoms with E-state index in [1.807, 2.05) is 31.0 Å². The molecule has 2 saturated heterocycles. The van der Waals surface area contributed by atoms with Crippen LogP contribution in [0.5, 0.6) is 0 Å². The summed E-state index contributed by atoms with van der Waals surface area (Å²) in [4.78, 5) is 2.01. The van der Waals surface area contributed by atoms with Gasteiger partial charge in [-0.2, -0.15) is 0 Å². The van der Waals surface area contributed by atoms with Crippen LogP contribution in [-0.4, -0.2) is 86.3 Å². The van der Waals surface area contributed by atoms with E-state index in [-0.39, 0.29) is 12.1 Å². The van der Waals surface area contributed by atoms with Gasteiger partial charge >= 0.3 is 0 Å². The number of rotatable bonds is 11. The van der Waals surface area contributed by atoms with E-state index >= 15 is 0 Å². The molecular formula is C26H43FN3O5+. The van der Waals surface area contributed by atoms with Crippen molar-refractivity contribution in [3.63, 3.8) is 0 Å². The van der Waals surface area contributed by atoms with E-state index in [4.69, 9.17) is 14.2 Å². The first-order valence-electron chi connectivity index (χ1n) is 12.6. The SMILES string of the molecule is CO[C@H](c1ccc(C2CCOCC2)cc1)[C@@H](CF)N/C=C(\[NH3+])CCN(C)[C@H]1C[C@@H](C)O[C@@H](O)[C@@H]1O. The Morgan fingerprint density at radius 2 is 1.97 bits per heavy atom. The van der Waals surface area contributed by atoms with Crippen LogP contribution < -0.4 is 11.1 Å². The molecule has 0 radical (unpaired) electrons. The lowest BCUT2D eigenvalue weighted by molar-refractivity contribution is -0.308. The van der Waals surface area contributed by atoms with Crippen LogP contribution in [0.15, 0.2) is 36.2 Å². The molecular weight excluding hydrogens is 453 g/mol. The normalized spacial score (nSPS) is 28.2. The minimum Gasteiger partial charge on any atom is -0.386 e. The van der Waals surface area contributed by atoms with Gasteiger partial charge in [-0.15, -0.1) is 0 Å². The zero-order valence-electron chi connectivity index (χ0n) is 21.2. The highest BCUT2D eigenvalue weighted by molar-refractivity contribution is 5.28. The predicted octanol–water partition coefficient (Wildman–Crippen LogP) is 1.46. The fraction of sp³-hybridized carbons (Fsp3) is 0.692. The molecule has 0 aliphatic carbocycles. The lowest BCUT2D eigenvalue weighted by atomic mass is 9.90. The minimum absolute atomic E-state index is 0.126. The van der Waals surface area contributed by atoms with Crippen molar-refractivity contribution in [1.82, 2.24) is 10.2 Å². The summed E-state index contributed by atoms with van der Waals surface area (Å²) in [6.07, 6.45) is 2.38. The van der Waals surface area contributed by atoms with Gasteiger partial charge in [-0.1, -0.05) is 24.3 Å². The van der Waals surface area contributed by atoms with E-state index in [2.05, 4.69) is 23.2 Å². The molecule has 2 aliphatic heterocycles. The molecule has 0 bridgehead atoms. The molecule has 3 rings (SSSR count). The summed E-state index contributed by atoms with van der Waals surface area (Å²) in [6, 6.07) is 7.55. The summed E-state index contributed by atoms with van der Waals surface area (Å²) in [6.45, 7) is 3.53. The zero-order chi connectivity index (χ0) is 25.4. The average molecular weight is 497 g/mol. The third-order valence-electron chi connectivity index (χ3n) is 7.23. The van der Waals surface area contributed by atoms with E-state index in [9.17, 15) is 14.6 Å². The highest BCUT2D eigenvalue weighted by Gasteiger charge is 2.37. The van der Waals surface area contributed by atoms with Crippen molar-refractivity contribution in [1.29, 1.82) is 0 Å². The van der Waals surface area contributed by atoms with Crippen molar-refractivity contribution in [3.8, 4) is 0 Å². The summed E-state index contributed by atoms with van der Waals surface area (Å²) in [5, 5.41) is 23.3. The summed E-state index contributed by atoms with van der Waals surface area (Å²) in [5.74, 6) is 0.511. The number of halogens is 1. The second kappa shape index (κ2) is 13.6. The predicted molar refractivity (Wildman–Crippen MR) is 131 cm³/mol. The van der Waals surface area contributed by atoms with Crippen LogP contribution in [0.1, 0.15) is 55.8 Å². The van der Waals surface area contributed by atoms with E-state index in [0.29, 0.717) is 25.3 Å². The quantitative estimate of drug-likeness (QED) is 0.367. The van der Waals surface area contributed by atoms with Crippen LogP contribution in [0.3, 0.4) is 0 Å². The second-order valence-corrected chi connectivity index (χ2v) is 9.80. The first-order chi connectivity index (χ1) is 16.8. The maximum atomic E-state index is 14.0. The minimum atomic E-state index is -1.18. The number of nitrogens with zero attached hydrogens (tertiary/aromatic N) is 1. The Labute approximate surface area is 208 Å². The Morgan fingerprint density at radius 3 is 2.60 bits per heavy atom. The third kappa shape index (κ3) is 7.69. The highest BCUT2D eigenvalue weighted by Crippen LogP contribution is 2.29. The summed E-state index contributed by atoms with van der Waals surface area (Å²) < 4.78 is 30.4. The van der Waals surface area contributed by atoms with Gasteiger partial charge in [0.05, 0.1) is 18.3 Å². The number of nitrogens with one attached hydrogen (secondary N) is 1. The van der Waals surface area contributed by atoms with Gasteiger partial charge in [0.25, 0.3) is 0 Å². The lowest BCUT2D eigenvalue weighted by Crippen LogP contribution is -2.55. The third-order valence-corrected chi connectivity index (χ3v) is 7.23. The Balaban J connectivity index is 1.54. The molecule has 0 amide bonds. The van der Waals surface area contributed by atoms with Crippen molar-refractivity contribution in [2.45, 2.75) is 75.2 Å². The van der Waals surface area contributed by atoms with Crippen molar-refractivity contribution < 1.29 is 34.5 Å². The number of aliphatic hydroxyl groups is 2. The Kier molecular flexibility index (Phi) is 10.9. The van der Waals surface area contributed by atoms with Crippen LogP contribution >= 0.6 is 0 Å². The topological polar surface area (TPSA) is 111 Å². The molecule has 198 valence electrons. The molecule has 6 N–H and O–H groups in total. The van der Waals surface area contributed by atoms with E-state index in [1.54, 1.807) is 13.3 Å². The van der Waals surface area contributed by atoms with E-state index in [0.717, 1.165) is 37.3 Å². The number of methoxy groups -OCH3 is 1. The summed E-state index contributed by atoms with van der Waals surface area (Å²) in [7, 11) is 3.51. The molecule has 35 heavy (non-hydrogen) atoms. The van der Waals surface area contributed by atoms with Gasteiger partial charge in [0.15, 0.2) is 6.29 Å². The molecule has 0 unspecified atom stereocenters. The maximum absolute atomic E-state index is 14.0. The number of benzene rings is 1. The molecule has 1 aromatic rings. The van der Waals surface area contributed by atoms with Crippen LogP contribution in [-0.2, 0) is 14.2 Å². The maximum Gasteiger partial charge on any atom is 0.182 e. The van der Waals surface area contributed by atoms with Crippen molar-refractivity contribution in [2.24, 2.45) is 0 Å². The van der Waals surface area contributed by atoms with Gasteiger partial charge < -0.3 is 35.5 Å². The van der Waals surface area contributed by atoms with E-state index in [1.165, 1.54) is 5.56 Å². The Bertz CT molecular complexity index is 790. The van der Waals surface area contributed by atoms with Crippen LogP contribution in [0.25, 0.3) is 0 Å². The highest BCUT2D eigenvalue weighted by atomic mass is 19.1. The molecule has 6 atom stereocenters. The molecule has 9 heteroatoms. The van der Waals surface area contributed by atoms with Crippen molar-refractivity contribution >= 4 is 0 Å². The van der Waals surface area contributed by atoms with Crippen LogP contribution in [0.4, 0.5) is 4.39 Å². The standard InChI is InChI=1S/C26H42FN3O5/c1-17-14-23(24(31)26(32)35-17)30(2)11-8-21(28)16-29-22(15-27)25(33-3)20-6-4-18(5-7-20)19-9-12-34-13-10-19/h4-7,16-17,19,22-26,29,31-32H,8-15,28H2,1-3H3/p+1/b21-16-/t17-,22-,23+,24-,25-,26-/m1/s1. The number of aliphatic hydroxyl groups excluding tert-OH is 2. The number of ether oxygens (including phenoxy) is 3. The Morgan fingerprint density at radius 1 is 1.29 bits per heavy atom. The van der Waals surface area contributed by atoms with Crippen LogP contribution in [0, 0.1) is 0 Å². The molecule has 0 saturated carbocycles. The van der Waals surface area contributed by atoms with Gasteiger partial charge in [-0.3, -0.25) is 4.90 Å². The monoisotopic (exact) mass is 496 g/mol. The summed E-state index contributed by atoms with van der Waals surface area (Å²) in [5.41, 5.74) is 7.13. The smallest absolute Gasteiger partial charge is 0.182 e. The zero-order valence-corrected chi connectivity index (χ0v) is 21.2. The molecule has 2 fully saturated rings. The van der Waals surface area contributed by atoms with Gasteiger partial charge in [0, 0.05) is 39.3 Å². The number of alkyl halides is 1. The number of hydrogen-bond donors (Lipinski definition) is 4. The first kappa shape index (κ1) is 28.0. The number of likely N-dealkylation sites (N-methyl/N-ethyl adjacent to an activating group) is 1.